The summed E-state index contributed by atoms with van der Waals surface area (Å²) in [6, 6.07) is 0. The molecular formula is C9H16FK2O4P. The van der Waals surface area contributed by atoms with Gasteiger partial charge in [-0.3, -0.25) is 4.79 Å². The Hall–Kier alpha value is 3.02. The average molecular weight is 316 g/mol. The van der Waals surface area contributed by atoms with Crippen LogP contribution in [0.4, 0.5) is 4.39 Å². The zero-order valence-corrected chi connectivity index (χ0v) is 18.3. The van der Waals surface area contributed by atoms with Gasteiger partial charge in [-0.25, -0.2) is 4.39 Å². The summed E-state index contributed by atoms with van der Waals surface area (Å²) in [5.74, 6) is -0.561. The molecule has 0 fully saturated rings. The quantitative estimate of drug-likeness (QED) is 0.375. The van der Waals surface area contributed by atoms with Gasteiger partial charge in [0.1, 0.15) is 0 Å². The number of rotatable bonds is 5. The predicted molar refractivity (Wildman–Crippen MR) is 51.1 cm³/mol. The standard InChI is InChI=1S/C9H18FO4P.2K/c1-9(2,3)8(11)7(10)5-4-6-15(12,13)14;;/h7H,4-6H2,1-3H3,(H2,12,13,14);;/q;2*+1/p-2/t7-;;/m0../s1. The summed E-state index contributed by atoms with van der Waals surface area (Å²) in [4.78, 5) is 31.8. The zero-order chi connectivity index (χ0) is 12.3. The van der Waals surface area contributed by atoms with Gasteiger partial charge in [0.05, 0.1) is 0 Å². The number of ketones is 1. The Balaban J connectivity index is -0.000000980. The number of alkyl halides is 1. The van der Waals surface area contributed by atoms with E-state index in [1.54, 1.807) is 20.8 Å². The van der Waals surface area contributed by atoms with Crippen LogP contribution >= 0.6 is 7.60 Å². The molecule has 0 unspecified atom stereocenters. The monoisotopic (exact) mass is 316 g/mol. The molecule has 17 heavy (non-hydrogen) atoms. The Bertz CT molecular complexity index is 275. The fraction of sp³-hybridized carbons (Fsp3) is 0.889. The smallest absolute Gasteiger partial charge is 0.811 e. The van der Waals surface area contributed by atoms with Gasteiger partial charge in [0.2, 0.25) is 0 Å². The molecular weight excluding hydrogens is 300 g/mol. The molecule has 0 saturated heterocycles. The summed E-state index contributed by atoms with van der Waals surface area (Å²) in [5, 5.41) is 0. The van der Waals surface area contributed by atoms with Gasteiger partial charge in [0.15, 0.2) is 12.0 Å². The van der Waals surface area contributed by atoms with E-state index in [0.29, 0.717) is 0 Å². The molecule has 0 radical (unpaired) electrons. The van der Waals surface area contributed by atoms with E-state index in [-0.39, 0.29) is 116 Å². The van der Waals surface area contributed by atoms with Crippen LogP contribution < -0.4 is 113 Å². The second kappa shape index (κ2) is 10.7. The second-order valence-corrected chi connectivity index (χ2v) is 6.23. The summed E-state index contributed by atoms with van der Waals surface area (Å²) in [6.07, 6.45) is -2.58. The SMILES string of the molecule is CC(C)(C)C(=O)[C@@H](F)CCCP(=O)([O-])[O-].[K+].[K+]. The Morgan fingerprint density at radius 2 is 1.71 bits per heavy atom. The van der Waals surface area contributed by atoms with Crippen LogP contribution in [0.25, 0.3) is 0 Å². The molecule has 0 amide bonds. The topological polar surface area (TPSA) is 80.3 Å². The van der Waals surface area contributed by atoms with Crippen molar-refractivity contribution in [3.05, 3.63) is 0 Å². The summed E-state index contributed by atoms with van der Waals surface area (Å²) in [5.41, 5.74) is -0.780. The van der Waals surface area contributed by atoms with Crippen LogP contribution in [0.2, 0.25) is 0 Å². The van der Waals surface area contributed by atoms with Crippen molar-refractivity contribution in [2.75, 3.05) is 6.16 Å². The molecule has 0 N–H and O–H groups in total. The van der Waals surface area contributed by atoms with Crippen molar-refractivity contribution >= 4 is 13.4 Å². The van der Waals surface area contributed by atoms with Crippen LogP contribution in [-0.4, -0.2) is 18.1 Å². The number of carbonyl (C=O) groups is 1. The Morgan fingerprint density at radius 3 is 2.00 bits per heavy atom. The van der Waals surface area contributed by atoms with Crippen molar-refractivity contribution in [2.45, 2.75) is 39.8 Å². The molecule has 1 atom stereocenters. The van der Waals surface area contributed by atoms with Gasteiger partial charge in [-0.15, -0.1) is 0 Å². The van der Waals surface area contributed by atoms with Crippen LogP contribution in [0.5, 0.6) is 0 Å². The van der Waals surface area contributed by atoms with Crippen molar-refractivity contribution in [3.63, 3.8) is 0 Å². The first-order valence-electron chi connectivity index (χ1n) is 4.73. The number of halogens is 1. The third-order valence-electron chi connectivity index (χ3n) is 1.91. The average Bonchev–Trinajstić information content (AvgIpc) is 1.98. The minimum absolute atomic E-state index is 0. The molecule has 0 aliphatic rings. The van der Waals surface area contributed by atoms with E-state index < -0.39 is 31.1 Å². The third-order valence-corrected chi connectivity index (χ3v) is 2.78. The third kappa shape index (κ3) is 13.7. The first kappa shape index (κ1) is 25.0. The molecule has 0 saturated carbocycles. The summed E-state index contributed by atoms with van der Waals surface area (Å²) in [7, 11) is -4.57. The summed E-state index contributed by atoms with van der Waals surface area (Å²) < 4.78 is 23.5. The van der Waals surface area contributed by atoms with Crippen molar-refractivity contribution in [3.8, 4) is 0 Å². The van der Waals surface area contributed by atoms with Gasteiger partial charge in [0, 0.05) is 5.41 Å². The van der Waals surface area contributed by atoms with Gasteiger partial charge >= 0.3 is 103 Å². The Morgan fingerprint density at radius 1 is 1.29 bits per heavy atom. The van der Waals surface area contributed by atoms with Gasteiger partial charge < -0.3 is 14.4 Å². The molecule has 0 aromatic heterocycles. The van der Waals surface area contributed by atoms with Gasteiger partial charge in [-0.1, -0.05) is 28.4 Å². The minimum Gasteiger partial charge on any atom is -0.811 e. The zero-order valence-electron chi connectivity index (χ0n) is 11.2. The first-order chi connectivity index (χ1) is 6.54. The molecule has 0 spiro atoms. The van der Waals surface area contributed by atoms with Crippen LogP contribution in [0, 0.1) is 5.41 Å². The van der Waals surface area contributed by atoms with Crippen molar-refractivity contribution in [1.29, 1.82) is 0 Å². The number of carbonyl (C=O) groups excluding carboxylic acids is 1. The molecule has 0 aromatic carbocycles. The fourth-order valence-electron chi connectivity index (χ4n) is 1.07. The van der Waals surface area contributed by atoms with Crippen molar-refractivity contribution in [2.24, 2.45) is 5.41 Å². The number of hydrogen-bond acceptors (Lipinski definition) is 4. The van der Waals surface area contributed by atoms with Gasteiger partial charge in [-0.2, -0.15) is 0 Å². The molecule has 0 aromatic rings. The molecule has 0 aliphatic heterocycles. The maximum Gasteiger partial charge on any atom is 1.00 e. The summed E-state index contributed by atoms with van der Waals surface area (Å²) >= 11 is 0. The minimum atomic E-state index is -4.57. The first-order valence-corrected chi connectivity index (χ1v) is 6.46. The van der Waals surface area contributed by atoms with E-state index in [0.717, 1.165) is 0 Å². The molecule has 90 valence electrons. The normalized spacial score (nSPS) is 13.3. The maximum atomic E-state index is 13.2. The van der Waals surface area contributed by atoms with E-state index in [4.69, 9.17) is 0 Å². The number of Topliss-reactive ketones (excluding diaryl/α,β-unsaturated/α-hetero) is 1. The van der Waals surface area contributed by atoms with Crippen LogP contribution in [0.15, 0.2) is 0 Å². The molecule has 0 bridgehead atoms. The van der Waals surface area contributed by atoms with E-state index in [1.807, 2.05) is 0 Å². The second-order valence-electron chi connectivity index (χ2n) is 4.56. The Labute approximate surface area is 187 Å². The van der Waals surface area contributed by atoms with E-state index in [1.165, 1.54) is 0 Å². The molecule has 4 nitrogen and oxygen atoms in total. The van der Waals surface area contributed by atoms with Gasteiger partial charge in [-0.05, 0) is 19.0 Å². The van der Waals surface area contributed by atoms with E-state index in [2.05, 4.69) is 0 Å². The van der Waals surface area contributed by atoms with Crippen molar-refractivity contribution in [1.82, 2.24) is 0 Å². The maximum absolute atomic E-state index is 13.2. The predicted octanol–water partition coefficient (Wildman–Crippen LogP) is -5.36. The van der Waals surface area contributed by atoms with Crippen LogP contribution in [0.3, 0.4) is 0 Å². The summed E-state index contributed by atoms with van der Waals surface area (Å²) in [6.45, 7) is 4.77. The van der Waals surface area contributed by atoms with E-state index >= 15 is 0 Å². The molecule has 0 aliphatic carbocycles. The molecule has 8 heteroatoms. The van der Waals surface area contributed by atoms with Crippen molar-refractivity contribution < 1.29 is 126 Å². The van der Waals surface area contributed by atoms with E-state index in [9.17, 15) is 23.5 Å². The van der Waals surface area contributed by atoms with Gasteiger partial charge in [0.25, 0.3) is 0 Å². The van der Waals surface area contributed by atoms with Crippen LogP contribution in [-0.2, 0) is 9.36 Å². The molecule has 0 rings (SSSR count). The number of hydrogen-bond donors (Lipinski definition) is 0. The molecule has 0 heterocycles. The Kier molecular flexibility index (Phi) is 15.7. The largest absolute Gasteiger partial charge is 1.00 e. The fourth-order valence-corrected chi connectivity index (χ4v) is 1.63. The van der Waals surface area contributed by atoms with Crippen LogP contribution in [0.1, 0.15) is 33.6 Å².